The van der Waals surface area contributed by atoms with E-state index >= 15 is 0 Å². The van der Waals surface area contributed by atoms with E-state index in [4.69, 9.17) is 0 Å². The summed E-state index contributed by atoms with van der Waals surface area (Å²) < 4.78 is 21.9. The van der Waals surface area contributed by atoms with Crippen molar-refractivity contribution in [1.29, 1.82) is 0 Å². The van der Waals surface area contributed by atoms with Crippen molar-refractivity contribution in [2.24, 2.45) is 4.99 Å². The lowest BCUT2D eigenvalue weighted by Crippen LogP contribution is -2.39. The average Bonchev–Trinajstić information content (AvgIpc) is 2.33. The number of aliphatic imine (C=N–C) groups is 1. The molecule has 1 aromatic heterocycles. The van der Waals surface area contributed by atoms with Gasteiger partial charge in [-0.05, 0) is 12.1 Å². The lowest BCUT2D eigenvalue weighted by atomic mass is 10.3. The monoisotopic (exact) mass is 270 g/mol. The molecule has 1 heterocycles. The Morgan fingerprint density at radius 1 is 1.39 bits per heavy atom. The van der Waals surface area contributed by atoms with E-state index < -0.39 is 9.84 Å². The number of hydrogen-bond donors (Lipinski definition) is 2. The number of guanidine groups is 1. The molecule has 0 fully saturated rings. The fourth-order valence-corrected chi connectivity index (χ4v) is 1.73. The van der Waals surface area contributed by atoms with Gasteiger partial charge in [0.05, 0.1) is 18.0 Å². The summed E-state index contributed by atoms with van der Waals surface area (Å²) in [6.45, 7) is 0.875. The highest BCUT2D eigenvalue weighted by atomic mass is 32.2. The first-order valence-corrected chi connectivity index (χ1v) is 7.59. The zero-order valence-electron chi connectivity index (χ0n) is 10.5. The molecule has 18 heavy (non-hydrogen) atoms. The number of hydrogen-bond acceptors (Lipinski definition) is 4. The molecular formula is C11H18N4O2S. The minimum Gasteiger partial charge on any atom is -0.355 e. The summed E-state index contributed by atoms with van der Waals surface area (Å²) in [6.07, 6.45) is 2.93. The smallest absolute Gasteiger partial charge is 0.191 e. The van der Waals surface area contributed by atoms with Crippen LogP contribution in [-0.4, -0.2) is 45.0 Å². The second-order valence-electron chi connectivity index (χ2n) is 3.80. The van der Waals surface area contributed by atoms with Crippen molar-refractivity contribution < 1.29 is 8.42 Å². The Balaban J connectivity index is 2.35. The molecule has 0 aromatic carbocycles. The van der Waals surface area contributed by atoms with Crippen molar-refractivity contribution in [2.75, 3.05) is 25.6 Å². The second-order valence-corrected chi connectivity index (χ2v) is 6.06. The maximum absolute atomic E-state index is 11.0. The molecule has 0 amide bonds. The molecule has 0 aliphatic heterocycles. The predicted octanol–water partition coefficient (Wildman–Crippen LogP) is -0.209. The summed E-state index contributed by atoms with van der Waals surface area (Å²) in [5.41, 5.74) is 0.892. The van der Waals surface area contributed by atoms with E-state index in [1.807, 2.05) is 18.2 Å². The third-order valence-corrected chi connectivity index (χ3v) is 3.10. The van der Waals surface area contributed by atoms with Crippen LogP contribution in [0.25, 0.3) is 0 Å². The Bertz CT molecular complexity index is 485. The van der Waals surface area contributed by atoms with E-state index in [-0.39, 0.29) is 5.75 Å². The Hall–Kier alpha value is -1.63. The zero-order chi connectivity index (χ0) is 13.4. The van der Waals surface area contributed by atoms with E-state index in [1.165, 1.54) is 6.26 Å². The first-order chi connectivity index (χ1) is 8.51. The largest absolute Gasteiger partial charge is 0.355 e. The van der Waals surface area contributed by atoms with Gasteiger partial charge in [-0.15, -0.1) is 0 Å². The van der Waals surface area contributed by atoms with E-state index in [2.05, 4.69) is 20.6 Å². The van der Waals surface area contributed by atoms with Crippen LogP contribution in [-0.2, 0) is 16.4 Å². The highest BCUT2D eigenvalue weighted by Crippen LogP contribution is 1.91. The standard InChI is InChI=1S/C11H18N4O2S/c1-12-11(14-7-8-18(2,16)17)15-9-10-5-3-4-6-13-10/h3-6H,7-9H2,1-2H3,(H2,12,14,15). The number of rotatable bonds is 5. The van der Waals surface area contributed by atoms with Crippen molar-refractivity contribution in [3.63, 3.8) is 0 Å². The molecule has 0 bridgehead atoms. The van der Waals surface area contributed by atoms with Gasteiger partial charge in [-0.3, -0.25) is 9.98 Å². The van der Waals surface area contributed by atoms with Crippen molar-refractivity contribution in [3.8, 4) is 0 Å². The molecule has 7 heteroatoms. The Morgan fingerprint density at radius 2 is 2.17 bits per heavy atom. The first-order valence-electron chi connectivity index (χ1n) is 5.53. The molecule has 0 saturated heterocycles. The Kier molecular flexibility index (Phi) is 5.57. The van der Waals surface area contributed by atoms with E-state index in [0.29, 0.717) is 19.0 Å². The van der Waals surface area contributed by atoms with Crippen LogP contribution >= 0.6 is 0 Å². The van der Waals surface area contributed by atoms with Crippen LogP contribution in [0.15, 0.2) is 29.4 Å². The third kappa shape index (κ3) is 6.19. The minimum absolute atomic E-state index is 0.0806. The fraction of sp³-hybridized carbons (Fsp3) is 0.455. The second kappa shape index (κ2) is 6.95. The molecular weight excluding hydrogens is 252 g/mol. The van der Waals surface area contributed by atoms with Gasteiger partial charge in [0.15, 0.2) is 5.96 Å². The van der Waals surface area contributed by atoms with Gasteiger partial charge in [0.2, 0.25) is 0 Å². The normalized spacial score (nSPS) is 12.2. The molecule has 0 aliphatic carbocycles. The van der Waals surface area contributed by atoms with Gasteiger partial charge < -0.3 is 10.6 Å². The number of aromatic nitrogens is 1. The van der Waals surface area contributed by atoms with Crippen LogP contribution in [0.2, 0.25) is 0 Å². The van der Waals surface area contributed by atoms with Crippen molar-refractivity contribution in [3.05, 3.63) is 30.1 Å². The molecule has 100 valence electrons. The van der Waals surface area contributed by atoms with Gasteiger partial charge in [-0.1, -0.05) is 6.07 Å². The van der Waals surface area contributed by atoms with Crippen LogP contribution in [0, 0.1) is 0 Å². The average molecular weight is 270 g/mol. The number of sulfone groups is 1. The molecule has 0 spiro atoms. The molecule has 0 saturated carbocycles. The maximum atomic E-state index is 11.0. The minimum atomic E-state index is -2.95. The quantitative estimate of drug-likeness (QED) is 0.571. The lowest BCUT2D eigenvalue weighted by molar-refractivity contribution is 0.600. The topological polar surface area (TPSA) is 83.5 Å². The SMILES string of the molecule is CN=C(NCCS(C)(=O)=O)NCc1ccccn1. The van der Waals surface area contributed by atoms with Gasteiger partial charge in [-0.2, -0.15) is 0 Å². The first kappa shape index (κ1) is 14.4. The van der Waals surface area contributed by atoms with Crippen LogP contribution in [0.5, 0.6) is 0 Å². The summed E-state index contributed by atoms with van der Waals surface area (Å²) in [7, 11) is -1.32. The molecule has 0 unspecified atom stereocenters. The number of nitrogens with zero attached hydrogens (tertiary/aromatic N) is 2. The highest BCUT2D eigenvalue weighted by Gasteiger charge is 2.03. The van der Waals surface area contributed by atoms with Crippen LogP contribution in [0.4, 0.5) is 0 Å². The van der Waals surface area contributed by atoms with Gasteiger partial charge in [0, 0.05) is 26.0 Å². The summed E-state index contributed by atoms with van der Waals surface area (Å²) in [6, 6.07) is 5.66. The van der Waals surface area contributed by atoms with Gasteiger partial charge in [-0.25, -0.2) is 8.42 Å². The lowest BCUT2D eigenvalue weighted by Gasteiger charge is -2.10. The van der Waals surface area contributed by atoms with E-state index in [1.54, 1.807) is 13.2 Å². The van der Waals surface area contributed by atoms with Gasteiger partial charge in [0.1, 0.15) is 9.84 Å². The Labute approximate surface area is 107 Å². The molecule has 0 radical (unpaired) electrons. The van der Waals surface area contributed by atoms with Crippen molar-refractivity contribution in [1.82, 2.24) is 15.6 Å². The molecule has 0 atom stereocenters. The van der Waals surface area contributed by atoms with E-state index in [9.17, 15) is 8.42 Å². The zero-order valence-corrected chi connectivity index (χ0v) is 11.4. The molecule has 1 rings (SSSR count). The Morgan fingerprint density at radius 3 is 2.72 bits per heavy atom. The summed E-state index contributed by atoms with van der Waals surface area (Å²) in [5, 5.41) is 5.98. The van der Waals surface area contributed by atoms with Gasteiger partial charge in [0.25, 0.3) is 0 Å². The molecule has 1 aromatic rings. The molecule has 0 aliphatic rings. The highest BCUT2D eigenvalue weighted by molar-refractivity contribution is 7.90. The molecule has 6 nitrogen and oxygen atoms in total. The molecule has 2 N–H and O–H groups in total. The maximum Gasteiger partial charge on any atom is 0.191 e. The fourth-order valence-electron chi connectivity index (χ4n) is 1.25. The third-order valence-electron chi connectivity index (χ3n) is 2.15. The van der Waals surface area contributed by atoms with Crippen LogP contribution in [0.1, 0.15) is 5.69 Å². The number of nitrogens with one attached hydrogen (secondary N) is 2. The summed E-state index contributed by atoms with van der Waals surface area (Å²) in [4.78, 5) is 8.16. The van der Waals surface area contributed by atoms with Gasteiger partial charge >= 0.3 is 0 Å². The van der Waals surface area contributed by atoms with E-state index in [0.717, 1.165) is 5.69 Å². The predicted molar refractivity (Wildman–Crippen MR) is 72.1 cm³/mol. The van der Waals surface area contributed by atoms with Crippen molar-refractivity contribution >= 4 is 15.8 Å². The van der Waals surface area contributed by atoms with Crippen molar-refractivity contribution in [2.45, 2.75) is 6.54 Å². The van der Waals surface area contributed by atoms with Crippen LogP contribution < -0.4 is 10.6 Å². The number of pyridine rings is 1. The summed E-state index contributed by atoms with van der Waals surface area (Å²) in [5.74, 6) is 0.640. The summed E-state index contributed by atoms with van der Waals surface area (Å²) >= 11 is 0. The van der Waals surface area contributed by atoms with Crippen LogP contribution in [0.3, 0.4) is 0 Å².